The summed E-state index contributed by atoms with van der Waals surface area (Å²) in [5, 5.41) is 18.9. The molecule has 0 aromatic carbocycles. The van der Waals surface area contributed by atoms with Crippen LogP contribution >= 0.6 is 0 Å². The molecule has 2 N–H and O–H groups in total. The maximum absolute atomic E-state index is 9.48. The van der Waals surface area contributed by atoms with Crippen molar-refractivity contribution in [2.24, 2.45) is 9.98 Å². The molecule has 1 aliphatic carbocycles. The second kappa shape index (κ2) is 4.57. The molecule has 2 aliphatic rings. The number of aliphatic hydroxyl groups is 2. The molecule has 0 unspecified atom stereocenters. The highest BCUT2D eigenvalue weighted by molar-refractivity contribution is 6.16. The van der Waals surface area contributed by atoms with E-state index in [9.17, 15) is 10.2 Å². The lowest BCUT2D eigenvalue weighted by Crippen LogP contribution is -2.14. The van der Waals surface area contributed by atoms with Gasteiger partial charge in [0.2, 0.25) is 0 Å². The summed E-state index contributed by atoms with van der Waals surface area (Å²) in [6, 6.07) is 0. The number of rotatable bonds is 1. The minimum atomic E-state index is -0.347. The van der Waals surface area contributed by atoms with E-state index in [1.165, 1.54) is 6.08 Å². The fraction of sp³-hybridized carbons (Fsp3) is 0.385. The molecule has 0 atom stereocenters. The quantitative estimate of drug-likeness (QED) is 0.729. The van der Waals surface area contributed by atoms with Crippen LogP contribution in [0.1, 0.15) is 33.1 Å². The maximum Gasteiger partial charge on any atom is 0.255 e. The Labute approximate surface area is 100 Å². The Morgan fingerprint density at radius 3 is 2.71 bits per heavy atom. The van der Waals surface area contributed by atoms with E-state index in [1.54, 1.807) is 0 Å². The maximum atomic E-state index is 9.48. The molecule has 0 saturated carbocycles. The molecule has 4 heteroatoms. The highest BCUT2D eigenvalue weighted by atomic mass is 16.3. The standard InChI is InChI=1S/C13H16N2O2/c1-8(2)12-10(7-11(16)13(17)15-12)14-9-5-3-4-6-9/h5,7,16H,3-4,6H2,1-2H3,(H,15,17)/b14-10-. The first-order valence-corrected chi connectivity index (χ1v) is 5.72. The smallest absolute Gasteiger partial charge is 0.255 e. The van der Waals surface area contributed by atoms with Gasteiger partial charge in [0.1, 0.15) is 0 Å². The molecule has 2 rings (SSSR count). The lowest BCUT2D eigenvalue weighted by atomic mass is 10.1. The predicted molar refractivity (Wildman–Crippen MR) is 68.5 cm³/mol. The van der Waals surface area contributed by atoms with Gasteiger partial charge in [-0.15, -0.1) is 0 Å². The van der Waals surface area contributed by atoms with Crippen LogP contribution in [-0.4, -0.2) is 21.8 Å². The average Bonchev–Trinajstić information content (AvgIpc) is 2.75. The zero-order chi connectivity index (χ0) is 12.4. The van der Waals surface area contributed by atoms with Crippen LogP contribution in [0, 0.1) is 0 Å². The molecule has 0 bridgehead atoms. The Morgan fingerprint density at radius 2 is 2.12 bits per heavy atom. The van der Waals surface area contributed by atoms with Gasteiger partial charge in [-0.3, -0.25) is 4.99 Å². The van der Waals surface area contributed by atoms with Crippen LogP contribution in [0.3, 0.4) is 0 Å². The van der Waals surface area contributed by atoms with Gasteiger partial charge < -0.3 is 10.2 Å². The molecule has 0 amide bonds. The normalized spacial score (nSPS) is 22.4. The van der Waals surface area contributed by atoms with Crippen molar-refractivity contribution in [3.63, 3.8) is 0 Å². The minimum Gasteiger partial charge on any atom is -0.503 e. The topological polar surface area (TPSA) is 65.2 Å². The summed E-state index contributed by atoms with van der Waals surface area (Å²) in [6.45, 7) is 3.81. The highest BCUT2D eigenvalue weighted by Crippen LogP contribution is 2.23. The number of hydrogen-bond acceptors (Lipinski definition) is 3. The summed E-state index contributed by atoms with van der Waals surface area (Å²) >= 11 is 0. The van der Waals surface area contributed by atoms with Crippen LogP contribution < -0.4 is 0 Å². The molecule has 0 saturated heterocycles. The number of aliphatic hydroxyl groups excluding tert-OH is 2. The Kier molecular flexibility index (Phi) is 3.13. The van der Waals surface area contributed by atoms with Crippen LogP contribution in [0.15, 0.2) is 44.9 Å². The highest BCUT2D eigenvalue weighted by Gasteiger charge is 2.18. The lowest BCUT2D eigenvalue weighted by Gasteiger charge is -2.12. The van der Waals surface area contributed by atoms with Crippen molar-refractivity contribution < 1.29 is 10.2 Å². The lowest BCUT2D eigenvalue weighted by molar-refractivity contribution is 0.406. The van der Waals surface area contributed by atoms with Crippen LogP contribution in [0.2, 0.25) is 0 Å². The van der Waals surface area contributed by atoms with Gasteiger partial charge in [-0.1, -0.05) is 6.08 Å². The first-order chi connectivity index (χ1) is 8.08. The fourth-order valence-corrected chi connectivity index (χ4v) is 1.85. The van der Waals surface area contributed by atoms with Crippen molar-refractivity contribution in [2.45, 2.75) is 33.1 Å². The number of aliphatic imine (C=N–C) groups is 2. The number of hydrogen-bond donors (Lipinski definition) is 2. The van der Waals surface area contributed by atoms with E-state index in [0.29, 0.717) is 11.4 Å². The van der Waals surface area contributed by atoms with Crippen LogP contribution in [-0.2, 0) is 0 Å². The van der Waals surface area contributed by atoms with Crippen molar-refractivity contribution in [1.29, 1.82) is 0 Å². The third-order valence-corrected chi connectivity index (χ3v) is 2.72. The monoisotopic (exact) mass is 232 g/mol. The number of nitrogens with zero attached hydrogens (tertiary/aromatic N) is 2. The van der Waals surface area contributed by atoms with Gasteiger partial charge in [0.15, 0.2) is 5.76 Å². The Hall–Kier alpha value is -1.84. The molecule has 0 aromatic rings. The Morgan fingerprint density at radius 1 is 1.35 bits per heavy atom. The third-order valence-electron chi connectivity index (χ3n) is 2.72. The molecule has 0 spiro atoms. The second-order valence-corrected chi connectivity index (χ2v) is 4.40. The van der Waals surface area contributed by atoms with Crippen molar-refractivity contribution >= 4 is 11.6 Å². The summed E-state index contributed by atoms with van der Waals surface area (Å²) in [6.07, 6.45) is 6.70. The molecule has 1 aliphatic heterocycles. The summed E-state index contributed by atoms with van der Waals surface area (Å²) in [5.74, 6) is -0.576. The second-order valence-electron chi connectivity index (χ2n) is 4.40. The van der Waals surface area contributed by atoms with E-state index >= 15 is 0 Å². The van der Waals surface area contributed by atoms with Crippen LogP contribution in [0.4, 0.5) is 0 Å². The van der Waals surface area contributed by atoms with Crippen LogP contribution in [0.25, 0.3) is 0 Å². The molecule has 1 heterocycles. The van der Waals surface area contributed by atoms with E-state index in [4.69, 9.17) is 0 Å². The molecule has 0 fully saturated rings. The zero-order valence-corrected chi connectivity index (χ0v) is 10.1. The van der Waals surface area contributed by atoms with Gasteiger partial charge in [0, 0.05) is 11.8 Å². The number of dihydropyridines is 1. The van der Waals surface area contributed by atoms with E-state index in [0.717, 1.165) is 30.5 Å². The Bertz CT molecular complexity index is 490. The average molecular weight is 232 g/mol. The van der Waals surface area contributed by atoms with E-state index in [2.05, 4.69) is 16.1 Å². The van der Waals surface area contributed by atoms with E-state index in [-0.39, 0.29) is 11.7 Å². The van der Waals surface area contributed by atoms with Gasteiger partial charge in [-0.2, -0.15) is 0 Å². The largest absolute Gasteiger partial charge is 0.503 e. The van der Waals surface area contributed by atoms with Gasteiger partial charge in [0.05, 0.1) is 11.4 Å². The summed E-state index contributed by atoms with van der Waals surface area (Å²) in [4.78, 5) is 8.45. The molecule has 90 valence electrons. The molecule has 17 heavy (non-hydrogen) atoms. The van der Waals surface area contributed by atoms with Crippen molar-refractivity contribution in [3.8, 4) is 0 Å². The number of allylic oxidation sites excluding steroid dienone is 4. The third kappa shape index (κ3) is 2.46. The minimum absolute atomic E-state index is 0.229. The van der Waals surface area contributed by atoms with Crippen molar-refractivity contribution in [2.75, 3.05) is 0 Å². The Balaban J connectivity index is 2.42. The summed E-state index contributed by atoms with van der Waals surface area (Å²) < 4.78 is 0. The first kappa shape index (κ1) is 11.6. The van der Waals surface area contributed by atoms with E-state index in [1.807, 2.05) is 13.8 Å². The summed E-state index contributed by atoms with van der Waals surface area (Å²) in [7, 11) is 0. The molecule has 0 aromatic heterocycles. The molecule has 4 nitrogen and oxygen atoms in total. The van der Waals surface area contributed by atoms with Gasteiger partial charge in [0.25, 0.3) is 5.90 Å². The SMILES string of the molecule is CC(C)=C1N=C(O)C(O)=C/C1=N/C1=CCCC1. The molecular formula is C13H16N2O2. The summed E-state index contributed by atoms with van der Waals surface area (Å²) in [5.41, 5.74) is 3.23. The first-order valence-electron chi connectivity index (χ1n) is 5.72. The molecule has 0 radical (unpaired) electrons. The predicted octanol–water partition coefficient (Wildman–Crippen LogP) is 3.20. The van der Waals surface area contributed by atoms with Crippen LogP contribution in [0.5, 0.6) is 0 Å². The van der Waals surface area contributed by atoms with E-state index < -0.39 is 0 Å². The fourth-order valence-electron chi connectivity index (χ4n) is 1.85. The van der Waals surface area contributed by atoms with Crippen molar-refractivity contribution in [3.05, 3.63) is 34.9 Å². The van der Waals surface area contributed by atoms with Gasteiger partial charge in [-0.25, -0.2) is 4.99 Å². The zero-order valence-electron chi connectivity index (χ0n) is 10.1. The van der Waals surface area contributed by atoms with Crippen molar-refractivity contribution in [1.82, 2.24) is 0 Å². The van der Waals surface area contributed by atoms with Gasteiger partial charge >= 0.3 is 0 Å². The van der Waals surface area contributed by atoms with Gasteiger partial charge in [-0.05, 0) is 38.7 Å². The molecular weight excluding hydrogens is 216 g/mol.